The number of thioether (sulfide) groups is 1. The van der Waals surface area contributed by atoms with Crippen LogP contribution < -0.4 is 10.6 Å². The van der Waals surface area contributed by atoms with Gasteiger partial charge in [0.2, 0.25) is 11.0 Å². The van der Waals surface area contributed by atoms with E-state index in [0.717, 1.165) is 11.3 Å². The first-order valence-corrected chi connectivity index (χ1v) is 9.59. The summed E-state index contributed by atoms with van der Waals surface area (Å²) in [6.07, 6.45) is 0. The van der Waals surface area contributed by atoms with Crippen molar-refractivity contribution in [3.63, 3.8) is 0 Å². The highest BCUT2D eigenvalue weighted by molar-refractivity contribution is 8.01. The molecule has 0 aliphatic carbocycles. The van der Waals surface area contributed by atoms with Crippen molar-refractivity contribution in [2.24, 2.45) is 0 Å². The van der Waals surface area contributed by atoms with Crippen LogP contribution in [0.5, 0.6) is 0 Å². The average Bonchev–Trinajstić information content (AvgIpc) is 3.08. The predicted molar refractivity (Wildman–Crippen MR) is 105 cm³/mol. The molecule has 132 valence electrons. The molecule has 3 rings (SSSR count). The number of aromatic nitrogens is 2. The van der Waals surface area contributed by atoms with Crippen molar-refractivity contribution in [1.82, 2.24) is 10.2 Å². The zero-order chi connectivity index (χ0) is 18.4. The highest BCUT2D eigenvalue weighted by atomic mass is 32.2. The third-order valence-electron chi connectivity index (χ3n) is 3.29. The Labute approximate surface area is 159 Å². The Morgan fingerprint density at radius 1 is 1.04 bits per heavy atom. The van der Waals surface area contributed by atoms with Crippen LogP contribution in [-0.4, -0.2) is 27.8 Å². The summed E-state index contributed by atoms with van der Waals surface area (Å²) in [5.74, 6) is -0.139. The van der Waals surface area contributed by atoms with E-state index in [0.29, 0.717) is 15.0 Å². The Hall–Kier alpha value is -2.71. The standard InChI is InChI=1S/C18H16N4O2S2/c1-12-6-5-7-13(10-12)16(24)20-17-21-22-18(26-17)25-11-15(23)19-14-8-3-2-4-9-14/h2-10H,11H2,1H3,(H,19,23)(H,20,21,24). The van der Waals surface area contributed by atoms with Gasteiger partial charge in [-0.25, -0.2) is 0 Å². The normalized spacial score (nSPS) is 10.3. The van der Waals surface area contributed by atoms with Crippen molar-refractivity contribution in [3.05, 3.63) is 65.7 Å². The first-order valence-electron chi connectivity index (χ1n) is 7.79. The van der Waals surface area contributed by atoms with Crippen molar-refractivity contribution < 1.29 is 9.59 Å². The van der Waals surface area contributed by atoms with E-state index in [-0.39, 0.29) is 17.6 Å². The molecule has 6 nitrogen and oxygen atoms in total. The maximum absolute atomic E-state index is 12.2. The monoisotopic (exact) mass is 384 g/mol. The van der Waals surface area contributed by atoms with Gasteiger partial charge in [-0.15, -0.1) is 10.2 Å². The molecule has 3 aromatic rings. The third-order valence-corrected chi connectivity index (χ3v) is 5.26. The summed E-state index contributed by atoms with van der Waals surface area (Å²) < 4.78 is 0.618. The van der Waals surface area contributed by atoms with Crippen molar-refractivity contribution >= 4 is 45.7 Å². The molecule has 0 fully saturated rings. The van der Waals surface area contributed by atoms with Crippen molar-refractivity contribution in [1.29, 1.82) is 0 Å². The van der Waals surface area contributed by atoms with Crippen LogP contribution in [0, 0.1) is 6.92 Å². The van der Waals surface area contributed by atoms with Gasteiger partial charge in [0.25, 0.3) is 5.91 Å². The van der Waals surface area contributed by atoms with Gasteiger partial charge in [-0.2, -0.15) is 0 Å². The number of carbonyl (C=O) groups excluding carboxylic acids is 2. The molecule has 1 heterocycles. The number of aryl methyl sites for hydroxylation is 1. The molecule has 8 heteroatoms. The summed E-state index contributed by atoms with van der Waals surface area (Å²) in [6.45, 7) is 1.93. The second-order valence-corrected chi connectivity index (χ2v) is 7.60. The summed E-state index contributed by atoms with van der Waals surface area (Å²) in [4.78, 5) is 24.1. The molecule has 0 unspecified atom stereocenters. The van der Waals surface area contributed by atoms with Crippen LogP contribution in [-0.2, 0) is 4.79 Å². The molecule has 0 aliphatic heterocycles. The van der Waals surface area contributed by atoms with Crippen molar-refractivity contribution in [2.45, 2.75) is 11.3 Å². The van der Waals surface area contributed by atoms with Gasteiger partial charge < -0.3 is 5.32 Å². The van der Waals surface area contributed by atoms with Crippen LogP contribution in [0.15, 0.2) is 58.9 Å². The van der Waals surface area contributed by atoms with Crippen LogP contribution >= 0.6 is 23.1 Å². The Morgan fingerprint density at radius 3 is 2.62 bits per heavy atom. The maximum atomic E-state index is 12.2. The lowest BCUT2D eigenvalue weighted by Crippen LogP contribution is -2.13. The largest absolute Gasteiger partial charge is 0.325 e. The quantitative estimate of drug-likeness (QED) is 0.498. The number of hydrogen-bond acceptors (Lipinski definition) is 6. The van der Waals surface area contributed by atoms with Crippen LogP contribution in [0.25, 0.3) is 0 Å². The smallest absolute Gasteiger partial charge is 0.257 e. The molecule has 2 amide bonds. The predicted octanol–water partition coefficient (Wildman–Crippen LogP) is 3.83. The molecule has 2 aromatic carbocycles. The van der Waals surface area contributed by atoms with Crippen molar-refractivity contribution in [2.75, 3.05) is 16.4 Å². The van der Waals surface area contributed by atoms with Gasteiger partial charge in [-0.3, -0.25) is 14.9 Å². The summed E-state index contributed by atoms with van der Waals surface area (Å²) >= 11 is 2.51. The fourth-order valence-corrected chi connectivity index (χ4v) is 3.67. The number of carbonyl (C=O) groups is 2. The van der Waals surface area contributed by atoms with Gasteiger partial charge in [-0.1, -0.05) is 59.0 Å². The fraction of sp³-hybridized carbons (Fsp3) is 0.111. The Bertz CT molecular complexity index is 912. The molecular weight excluding hydrogens is 368 g/mol. The lowest BCUT2D eigenvalue weighted by atomic mass is 10.1. The minimum Gasteiger partial charge on any atom is -0.325 e. The lowest BCUT2D eigenvalue weighted by Gasteiger charge is -2.03. The number of anilines is 2. The minimum atomic E-state index is -0.233. The van der Waals surface area contributed by atoms with Gasteiger partial charge in [0, 0.05) is 11.3 Å². The molecular formula is C18H16N4O2S2. The number of para-hydroxylation sites is 1. The van der Waals surface area contributed by atoms with Crippen molar-refractivity contribution in [3.8, 4) is 0 Å². The number of hydrogen-bond donors (Lipinski definition) is 2. The van der Waals surface area contributed by atoms with Crippen LogP contribution in [0.4, 0.5) is 10.8 Å². The number of nitrogens with one attached hydrogen (secondary N) is 2. The first kappa shape index (κ1) is 18.1. The van der Waals surface area contributed by atoms with Gasteiger partial charge in [0.15, 0.2) is 4.34 Å². The van der Waals surface area contributed by atoms with E-state index in [9.17, 15) is 9.59 Å². The molecule has 0 saturated carbocycles. The van der Waals surface area contributed by atoms with E-state index < -0.39 is 0 Å². The van der Waals surface area contributed by atoms with Gasteiger partial charge in [0.1, 0.15) is 0 Å². The summed E-state index contributed by atoms with van der Waals surface area (Å²) in [6, 6.07) is 16.6. The maximum Gasteiger partial charge on any atom is 0.257 e. The van der Waals surface area contributed by atoms with Gasteiger partial charge in [-0.05, 0) is 31.2 Å². The molecule has 0 saturated heterocycles. The van der Waals surface area contributed by atoms with E-state index in [1.54, 1.807) is 12.1 Å². The summed E-state index contributed by atoms with van der Waals surface area (Å²) in [5, 5.41) is 13.9. The molecule has 0 aliphatic rings. The summed E-state index contributed by atoms with van der Waals surface area (Å²) in [7, 11) is 0. The van der Waals surface area contributed by atoms with E-state index >= 15 is 0 Å². The second-order valence-electron chi connectivity index (χ2n) is 5.40. The Kier molecular flexibility index (Phi) is 5.98. The average molecular weight is 384 g/mol. The zero-order valence-corrected chi connectivity index (χ0v) is 15.6. The minimum absolute atomic E-state index is 0.123. The topological polar surface area (TPSA) is 84.0 Å². The van der Waals surface area contributed by atoms with E-state index in [2.05, 4.69) is 20.8 Å². The molecule has 2 N–H and O–H groups in total. The molecule has 1 aromatic heterocycles. The molecule has 26 heavy (non-hydrogen) atoms. The van der Waals surface area contributed by atoms with E-state index in [4.69, 9.17) is 0 Å². The van der Waals surface area contributed by atoms with Crippen LogP contribution in [0.3, 0.4) is 0 Å². The highest BCUT2D eigenvalue weighted by Crippen LogP contribution is 2.26. The van der Waals surface area contributed by atoms with E-state index in [1.807, 2.05) is 49.4 Å². The second kappa shape index (κ2) is 8.59. The highest BCUT2D eigenvalue weighted by Gasteiger charge is 2.12. The SMILES string of the molecule is Cc1cccc(C(=O)Nc2nnc(SCC(=O)Nc3ccccc3)s2)c1. The van der Waals surface area contributed by atoms with E-state index in [1.165, 1.54) is 23.1 Å². The summed E-state index contributed by atoms with van der Waals surface area (Å²) in [5.41, 5.74) is 2.33. The van der Waals surface area contributed by atoms with Gasteiger partial charge in [0.05, 0.1) is 5.75 Å². The lowest BCUT2D eigenvalue weighted by molar-refractivity contribution is -0.113. The number of nitrogens with zero attached hydrogens (tertiary/aromatic N) is 2. The first-order chi connectivity index (χ1) is 12.6. The number of benzene rings is 2. The van der Waals surface area contributed by atoms with Gasteiger partial charge >= 0.3 is 0 Å². The van der Waals surface area contributed by atoms with Crippen LogP contribution in [0.1, 0.15) is 15.9 Å². The number of amides is 2. The zero-order valence-electron chi connectivity index (χ0n) is 13.9. The molecule has 0 spiro atoms. The Balaban J connectivity index is 1.51. The molecule has 0 atom stereocenters. The third kappa shape index (κ3) is 5.14. The molecule has 0 radical (unpaired) electrons. The van der Waals surface area contributed by atoms with Crippen LogP contribution in [0.2, 0.25) is 0 Å². The Morgan fingerprint density at radius 2 is 1.85 bits per heavy atom. The fourth-order valence-electron chi connectivity index (χ4n) is 2.12. The molecule has 0 bridgehead atoms. The number of rotatable bonds is 6.